The predicted molar refractivity (Wildman–Crippen MR) is 70.4 cm³/mol. The van der Waals surface area contributed by atoms with Crippen LogP contribution in [0, 0.1) is 0 Å². The molecule has 0 aliphatic carbocycles. The summed E-state index contributed by atoms with van der Waals surface area (Å²) in [5.41, 5.74) is 1.53. The maximum atomic E-state index is 11.3. The van der Waals surface area contributed by atoms with Gasteiger partial charge < -0.3 is 4.52 Å². The lowest BCUT2D eigenvalue weighted by molar-refractivity contribution is 0.175. The maximum absolute atomic E-state index is 11.3. The molecule has 5 heteroatoms. The van der Waals surface area contributed by atoms with Crippen molar-refractivity contribution in [3.63, 3.8) is 0 Å². The number of rotatable bonds is 3. The van der Waals surface area contributed by atoms with E-state index in [-0.39, 0.29) is 5.92 Å². The van der Waals surface area contributed by atoms with Crippen LogP contribution in [0.3, 0.4) is 0 Å². The second-order valence-electron chi connectivity index (χ2n) is 4.27. The average Bonchev–Trinajstić information content (AvgIpc) is 2.72. The minimum absolute atomic E-state index is 0.0939. The predicted octanol–water partition coefficient (Wildman–Crippen LogP) is 4.70. The van der Waals surface area contributed by atoms with Crippen LogP contribution in [-0.2, 0) is 11.7 Å². The molecule has 2 aromatic rings. The largest absolute Gasteiger partial charge is 0.360 e. The average molecular weight is 285 g/mol. The van der Waals surface area contributed by atoms with E-state index in [1.54, 1.807) is 18.2 Å². The first kappa shape index (κ1) is 13.4. The lowest BCUT2D eigenvalue weighted by atomic mass is 10.0. The molecule has 0 amide bonds. The van der Waals surface area contributed by atoms with E-state index in [9.17, 15) is 5.11 Å². The molecule has 0 spiro atoms. The highest BCUT2D eigenvalue weighted by Gasteiger charge is 2.22. The second-order valence-corrected chi connectivity index (χ2v) is 5.08. The van der Waals surface area contributed by atoms with Gasteiger partial charge in [-0.05, 0) is 12.1 Å². The molecule has 95 valence electrons. The van der Waals surface area contributed by atoms with Crippen LogP contribution in [0.4, 0.5) is 0 Å². The number of nitrogens with zero attached hydrogens (tertiary/aromatic N) is 1. The van der Waals surface area contributed by atoms with Crippen LogP contribution in [0.1, 0.15) is 31.1 Å². The van der Waals surface area contributed by atoms with Crippen molar-refractivity contribution in [2.45, 2.75) is 26.4 Å². The lowest BCUT2D eigenvalue weighted by Gasteiger charge is -2.05. The summed E-state index contributed by atoms with van der Waals surface area (Å²) in [6, 6.07) is 5.16. The van der Waals surface area contributed by atoms with Crippen molar-refractivity contribution in [1.82, 2.24) is 5.16 Å². The Morgan fingerprint density at radius 3 is 2.39 bits per heavy atom. The van der Waals surface area contributed by atoms with Crippen LogP contribution < -0.4 is 0 Å². The Bertz CT molecular complexity index is 544. The zero-order chi connectivity index (χ0) is 13.3. The fourth-order valence-electron chi connectivity index (χ4n) is 1.84. The molecule has 1 radical (unpaired) electrons. The smallest absolute Gasteiger partial charge is 0.145 e. The standard InChI is InChI=1S/C13H12Cl2NO2/c1-7(2)13-8(6-17)12(16-18-13)11-9(14)4-3-5-10(11)15/h3-5,7H,6H2,1-2H3. The van der Waals surface area contributed by atoms with Crippen LogP contribution in [0.25, 0.3) is 11.3 Å². The molecular formula is C13H12Cl2NO2. The zero-order valence-corrected chi connectivity index (χ0v) is 11.5. The number of hydrogen-bond acceptors (Lipinski definition) is 2. The van der Waals surface area contributed by atoms with Crippen molar-refractivity contribution in [3.8, 4) is 11.3 Å². The molecule has 18 heavy (non-hydrogen) atoms. The summed E-state index contributed by atoms with van der Waals surface area (Å²) >= 11 is 12.2. The molecular weight excluding hydrogens is 273 g/mol. The van der Waals surface area contributed by atoms with Gasteiger partial charge in [0.1, 0.15) is 18.1 Å². The van der Waals surface area contributed by atoms with Crippen molar-refractivity contribution in [1.29, 1.82) is 0 Å². The summed E-state index contributed by atoms with van der Waals surface area (Å²) < 4.78 is 5.25. The fourth-order valence-corrected chi connectivity index (χ4v) is 2.41. The van der Waals surface area contributed by atoms with E-state index in [4.69, 9.17) is 27.7 Å². The molecule has 0 saturated heterocycles. The van der Waals surface area contributed by atoms with E-state index in [0.717, 1.165) is 0 Å². The third-order valence-corrected chi connectivity index (χ3v) is 3.32. The lowest BCUT2D eigenvalue weighted by Crippen LogP contribution is -1.93. The van der Waals surface area contributed by atoms with E-state index in [1.165, 1.54) is 0 Å². The Kier molecular flexibility index (Phi) is 3.95. The molecule has 0 aliphatic rings. The van der Waals surface area contributed by atoms with E-state index in [0.29, 0.717) is 32.6 Å². The Morgan fingerprint density at radius 2 is 1.89 bits per heavy atom. The van der Waals surface area contributed by atoms with Crippen LogP contribution in [0.15, 0.2) is 22.7 Å². The molecule has 0 fully saturated rings. The SMILES string of the molecule is CC(C)c1onc(-c2c(Cl)cccc2Cl)c1C[O]. The highest BCUT2D eigenvalue weighted by atomic mass is 35.5. The van der Waals surface area contributed by atoms with Gasteiger partial charge in [0.05, 0.1) is 15.6 Å². The topological polar surface area (TPSA) is 45.9 Å². The number of halogens is 2. The van der Waals surface area contributed by atoms with Crippen molar-refractivity contribution in [2.24, 2.45) is 0 Å². The number of hydrogen-bond donors (Lipinski definition) is 0. The van der Waals surface area contributed by atoms with Gasteiger partial charge in [0.2, 0.25) is 0 Å². The minimum atomic E-state index is -0.409. The molecule has 0 saturated carbocycles. The summed E-state index contributed by atoms with van der Waals surface area (Å²) in [6.07, 6.45) is 0. The molecule has 0 aliphatic heterocycles. The molecule has 0 atom stereocenters. The highest BCUT2D eigenvalue weighted by Crippen LogP contribution is 2.38. The van der Waals surface area contributed by atoms with E-state index in [1.807, 2.05) is 13.8 Å². The first-order chi connectivity index (χ1) is 8.56. The zero-order valence-electron chi connectivity index (χ0n) is 10.0. The van der Waals surface area contributed by atoms with Gasteiger partial charge in [0.15, 0.2) is 0 Å². The summed E-state index contributed by atoms with van der Waals surface area (Å²) in [4.78, 5) is 0. The first-order valence-electron chi connectivity index (χ1n) is 5.57. The molecule has 0 bridgehead atoms. The summed E-state index contributed by atoms with van der Waals surface area (Å²) in [5.74, 6) is 0.687. The normalized spacial score (nSPS) is 11.2. The van der Waals surface area contributed by atoms with E-state index in [2.05, 4.69) is 5.16 Å². The molecule has 3 nitrogen and oxygen atoms in total. The molecule has 0 N–H and O–H groups in total. The van der Waals surface area contributed by atoms with Crippen LogP contribution in [0.5, 0.6) is 0 Å². The third-order valence-electron chi connectivity index (χ3n) is 2.69. The van der Waals surface area contributed by atoms with E-state index < -0.39 is 6.61 Å². The Balaban J connectivity index is 2.65. The van der Waals surface area contributed by atoms with Crippen LogP contribution >= 0.6 is 23.2 Å². The Morgan fingerprint density at radius 1 is 1.28 bits per heavy atom. The van der Waals surface area contributed by atoms with Crippen molar-refractivity contribution < 1.29 is 9.63 Å². The third kappa shape index (κ3) is 2.26. The van der Waals surface area contributed by atoms with Gasteiger partial charge in [-0.25, -0.2) is 5.11 Å². The molecule has 1 aromatic heterocycles. The fraction of sp³-hybridized carbons (Fsp3) is 0.308. The number of benzene rings is 1. The van der Waals surface area contributed by atoms with Gasteiger partial charge in [-0.1, -0.05) is 48.3 Å². The van der Waals surface area contributed by atoms with Gasteiger partial charge in [-0.2, -0.15) is 0 Å². The van der Waals surface area contributed by atoms with Gasteiger partial charge in [0, 0.05) is 11.5 Å². The summed E-state index contributed by atoms with van der Waals surface area (Å²) in [6.45, 7) is 3.48. The highest BCUT2D eigenvalue weighted by molar-refractivity contribution is 6.39. The van der Waals surface area contributed by atoms with E-state index >= 15 is 0 Å². The van der Waals surface area contributed by atoms with Crippen molar-refractivity contribution in [3.05, 3.63) is 39.6 Å². The molecule has 2 rings (SSSR count). The van der Waals surface area contributed by atoms with Gasteiger partial charge in [0.25, 0.3) is 0 Å². The first-order valence-corrected chi connectivity index (χ1v) is 6.32. The van der Waals surface area contributed by atoms with Crippen LogP contribution in [0.2, 0.25) is 10.0 Å². The maximum Gasteiger partial charge on any atom is 0.145 e. The van der Waals surface area contributed by atoms with Crippen molar-refractivity contribution >= 4 is 23.2 Å². The van der Waals surface area contributed by atoms with Crippen molar-refractivity contribution in [2.75, 3.05) is 0 Å². The van der Waals surface area contributed by atoms with Gasteiger partial charge in [-0.3, -0.25) is 0 Å². The summed E-state index contributed by atoms with van der Waals surface area (Å²) in [7, 11) is 0. The summed E-state index contributed by atoms with van der Waals surface area (Å²) in [5, 5.41) is 16.2. The number of aromatic nitrogens is 1. The molecule has 1 heterocycles. The monoisotopic (exact) mass is 284 g/mol. The molecule has 1 aromatic carbocycles. The van der Waals surface area contributed by atoms with Gasteiger partial charge in [-0.15, -0.1) is 0 Å². The quantitative estimate of drug-likeness (QED) is 0.820. The van der Waals surface area contributed by atoms with Crippen LogP contribution in [-0.4, -0.2) is 5.16 Å². The Labute approximate surface area is 115 Å². The van der Waals surface area contributed by atoms with Gasteiger partial charge >= 0.3 is 0 Å². The second kappa shape index (κ2) is 5.31. The Hall–Kier alpha value is -1.03. The molecule has 0 unspecified atom stereocenters. The minimum Gasteiger partial charge on any atom is -0.360 e.